The second-order valence-corrected chi connectivity index (χ2v) is 10.0. The van der Waals surface area contributed by atoms with E-state index in [0.29, 0.717) is 5.69 Å². The second-order valence-electron chi connectivity index (χ2n) is 7.50. The van der Waals surface area contributed by atoms with Crippen molar-refractivity contribution in [1.82, 2.24) is 9.21 Å². The summed E-state index contributed by atoms with van der Waals surface area (Å²) in [6, 6.07) is 13.0. The molecule has 0 aromatic heterocycles. The summed E-state index contributed by atoms with van der Waals surface area (Å²) >= 11 is 6.07. The summed E-state index contributed by atoms with van der Waals surface area (Å²) in [5.41, 5.74) is 3.02. The van der Waals surface area contributed by atoms with E-state index in [0.717, 1.165) is 23.6 Å². The van der Waals surface area contributed by atoms with E-state index in [1.54, 1.807) is 6.07 Å². The van der Waals surface area contributed by atoms with Crippen molar-refractivity contribution < 1.29 is 13.2 Å². The minimum Gasteiger partial charge on any atom is -0.325 e. The van der Waals surface area contributed by atoms with Gasteiger partial charge in [-0.2, -0.15) is 0 Å². The van der Waals surface area contributed by atoms with Gasteiger partial charge < -0.3 is 5.32 Å². The number of benzene rings is 2. The molecule has 1 N–H and O–H groups in total. The Hall–Kier alpha value is -1.93. The van der Waals surface area contributed by atoms with Crippen molar-refractivity contribution >= 4 is 33.2 Å². The maximum Gasteiger partial charge on any atom is 0.244 e. The lowest BCUT2D eigenvalue weighted by molar-refractivity contribution is -0.117. The van der Waals surface area contributed by atoms with E-state index in [-0.39, 0.29) is 28.4 Å². The lowest BCUT2D eigenvalue weighted by Crippen LogP contribution is -2.35. The van der Waals surface area contributed by atoms with Crippen molar-refractivity contribution in [2.24, 2.45) is 0 Å². The maximum atomic E-state index is 12.6. The maximum absolute atomic E-state index is 12.6. The molecule has 3 rings (SSSR count). The highest BCUT2D eigenvalue weighted by Crippen LogP contribution is 2.33. The van der Waals surface area contributed by atoms with Gasteiger partial charge in [-0.05, 0) is 55.6 Å². The van der Waals surface area contributed by atoms with Gasteiger partial charge in [-0.1, -0.05) is 35.9 Å². The summed E-state index contributed by atoms with van der Waals surface area (Å²) in [7, 11) is 1.12. The zero-order valence-corrected chi connectivity index (χ0v) is 18.4. The Labute approximate surface area is 177 Å². The number of halogens is 1. The number of carbonyl (C=O) groups excluding carboxylic acids is 1. The molecule has 1 aliphatic rings. The van der Waals surface area contributed by atoms with Crippen molar-refractivity contribution in [3.63, 3.8) is 0 Å². The van der Waals surface area contributed by atoms with Crippen LogP contribution in [0.1, 0.15) is 30.0 Å². The molecule has 0 saturated heterocycles. The molecule has 6 nitrogen and oxygen atoms in total. The Balaban J connectivity index is 1.72. The molecular formula is C21H26ClN3O3S. The minimum absolute atomic E-state index is 0.0310. The summed E-state index contributed by atoms with van der Waals surface area (Å²) in [5.74, 6) is -0.203. The van der Waals surface area contributed by atoms with Crippen molar-refractivity contribution in [3.8, 4) is 0 Å². The first-order chi connectivity index (χ1) is 13.7. The van der Waals surface area contributed by atoms with E-state index in [4.69, 9.17) is 11.6 Å². The van der Waals surface area contributed by atoms with Crippen LogP contribution >= 0.6 is 11.6 Å². The van der Waals surface area contributed by atoms with Crippen LogP contribution in [0.3, 0.4) is 0 Å². The highest BCUT2D eigenvalue weighted by molar-refractivity contribution is 7.89. The molecular weight excluding hydrogens is 410 g/mol. The van der Waals surface area contributed by atoms with E-state index in [2.05, 4.69) is 17.4 Å². The molecule has 0 spiro atoms. The third kappa shape index (κ3) is 4.80. The third-order valence-electron chi connectivity index (χ3n) is 5.24. The number of amides is 1. The molecule has 1 atom stereocenters. The number of rotatable bonds is 6. The fraction of sp³-hybridized carbons (Fsp3) is 0.381. The van der Waals surface area contributed by atoms with Gasteiger partial charge in [0, 0.05) is 25.8 Å². The number of carbonyl (C=O) groups is 1. The van der Waals surface area contributed by atoms with Gasteiger partial charge >= 0.3 is 0 Å². The summed E-state index contributed by atoms with van der Waals surface area (Å²) in [4.78, 5) is 14.6. The van der Waals surface area contributed by atoms with Gasteiger partial charge in [-0.3, -0.25) is 9.69 Å². The zero-order valence-electron chi connectivity index (χ0n) is 16.9. The van der Waals surface area contributed by atoms with E-state index >= 15 is 0 Å². The van der Waals surface area contributed by atoms with Crippen molar-refractivity contribution in [2.45, 2.75) is 30.2 Å². The van der Waals surface area contributed by atoms with Crippen molar-refractivity contribution in [3.05, 3.63) is 58.6 Å². The SMILES string of the molecule is CN(CC(=O)Nc1ccc(Cl)c(S(=O)(=O)N(C)C)c1)C1CCCc2ccccc21. The quantitative estimate of drug-likeness (QED) is 0.753. The molecule has 0 aliphatic heterocycles. The van der Waals surface area contributed by atoms with Crippen LogP contribution in [0.15, 0.2) is 47.4 Å². The van der Waals surface area contributed by atoms with Crippen LogP contribution in [0.25, 0.3) is 0 Å². The van der Waals surface area contributed by atoms with Gasteiger partial charge in [0.15, 0.2) is 0 Å². The fourth-order valence-corrected chi connectivity index (χ4v) is 5.09. The number of nitrogens with one attached hydrogen (secondary N) is 1. The van der Waals surface area contributed by atoms with E-state index in [9.17, 15) is 13.2 Å². The molecule has 0 heterocycles. The Kier molecular flexibility index (Phi) is 6.63. The van der Waals surface area contributed by atoms with Crippen molar-refractivity contribution in [2.75, 3.05) is 33.0 Å². The summed E-state index contributed by atoms with van der Waals surface area (Å²) in [6.45, 7) is 0.206. The Morgan fingerprint density at radius 1 is 1.17 bits per heavy atom. The van der Waals surface area contributed by atoms with Gasteiger partial charge in [0.05, 0.1) is 11.6 Å². The Bertz CT molecular complexity index is 1010. The standard InChI is InChI=1S/C21H26ClN3O3S/c1-24(2)29(27,28)20-13-16(11-12-18(20)22)23-21(26)14-25(3)19-10-6-8-15-7-4-5-9-17(15)19/h4-5,7,9,11-13,19H,6,8,10,14H2,1-3H3,(H,23,26). The van der Waals surface area contributed by atoms with Crippen LogP contribution in [0, 0.1) is 0 Å². The van der Waals surface area contributed by atoms with Gasteiger partial charge in [0.1, 0.15) is 4.90 Å². The van der Waals surface area contributed by atoms with Crippen LogP contribution in [-0.2, 0) is 21.2 Å². The number of hydrogen-bond donors (Lipinski definition) is 1. The number of fused-ring (bicyclic) bond motifs is 1. The van der Waals surface area contributed by atoms with E-state index in [1.807, 2.05) is 24.1 Å². The molecule has 0 saturated carbocycles. The highest BCUT2D eigenvalue weighted by atomic mass is 35.5. The predicted octanol–water partition coefficient (Wildman–Crippen LogP) is 3.54. The largest absolute Gasteiger partial charge is 0.325 e. The number of likely N-dealkylation sites (N-methyl/N-ethyl adjacent to an activating group) is 1. The Morgan fingerprint density at radius 2 is 1.90 bits per heavy atom. The summed E-state index contributed by atoms with van der Waals surface area (Å²) in [5, 5.41) is 2.91. The number of nitrogens with zero attached hydrogens (tertiary/aromatic N) is 2. The topological polar surface area (TPSA) is 69.7 Å². The van der Waals surface area contributed by atoms with Crippen LogP contribution in [0.5, 0.6) is 0 Å². The second kappa shape index (κ2) is 8.83. The highest BCUT2D eigenvalue weighted by Gasteiger charge is 2.25. The van der Waals surface area contributed by atoms with E-state index < -0.39 is 10.0 Å². The predicted molar refractivity (Wildman–Crippen MR) is 116 cm³/mol. The van der Waals surface area contributed by atoms with E-state index in [1.165, 1.54) is 37.4 Å². The Morgan fingerprint density at radius 3 is 2.62 bits per heavy atom. The zero-order chi connectivity index (χ0) is 21.2. The molecule has 1 aliphatic carbocycles. The van der Waals surface area contributed by atoms with Gasteiger partial charge in [-0.25, -0.2) is 12.7 Å². The molecule has 0 fully saturated rings. The molecule has 29 heavy (non-hydrogen) atoms. The third-order valence-corrected chi connectivity index (χ3v) is 7.53. The first-order valence-electron chi connectivity index (χ1n) is 9.50. The van der Waals surface area contributed by atoms with Crippen LogP contribution in [0.2, 0.25) is 5.02 Å². The summed E-state index contributed by atoms with van der Waals surface area (Å²) in [6.07, 6.45) is 3.17. The first-order valence-corrected chi connectivity index (χ1v) is 11.3. The molecule has 2 aromatic carbocycles. The minimum atomic E-state index is -3.70. The van der Waals surface area contributed by atoms with Gasteiger partial charge in [-0.15, -0.1) is 0 Å². The average molecular weight is 436 g/mol. The van der Waals surface area contributed by atoms with Crippen LogP contribution in [0.4, 0.5) is 5.69 Å². The number of anilines is 1. The molecule has 0 bridgehead atoms. The molecule has 0 radical (unpaired) electrons. The number of hydrogen-bond acceptors (Lipinski definition) is 4. The van der Waals surface area contributed by atoms with Gasteiger partial charge in [0.25, 0.3) is 0 Å². The smallest absolute Gasteiger partial charge is 0.244 e. The summed E-state index contributed by atoms with van der Waals surface area (Å²) < 4.78 is 25.9. The average Bonchev–Trinajstić information content (AvgIpc) is 2.68. The lowest BCUT2D eigenvalue weighted by atomic mass is 9.87. The number of sulfonamides is 1. The van der Waals surface area contributed by atoms with Gasteiger partial charge in [0.2, 0.25) is 15.9 Å². The van der Waals surface area contributed by atoms with Crippen LogP contribution < -0.4 is 5.32 Å². The molecule has 156 valence electrons. The number of aryl methyl sites for hydroxylation is 1. The first kappa shape index (κ1) is 21.8. The van der Waals surface area contributed by atoms with Crippen molar-refractivity contribution in [1.29, 1.82) is 0 Å². The lowest BCUT2D eigenvalue weighted by Gasteiger charge is -2.32. The molecule has 1 amide bonds. The normalized spacial score (nSPS) is 16.7. The van der Waals surface area contributed by atoms with Crippen LogP contribution in [-0.4, -0.2) is 51.2 Å². The fourth-order valence-electron chi connectivity index (χ4n) is 3.70. The monoisotopic (exact) mass is 435 g/mol. The molecule has 1 unspecified atom stereocenters. The molecule has 2 aromatic rings. The molecule has 8 heteroatoms.